The topological polar surface area (TPSA) is 49.8 Å². The van der Waals surface area contributed by atoms with Crippen LogP contribution >= 0.6 is 0 Å². The molecule has 0 aromatic heterocycles. The second kappa shape index (κ2) is 6.15. The van der Waals surface area contributed by atoms with E-state index in [2.05, 4.69) is 0 Å². The van der Waals surface area contributed by atoms with E-state index in [-0.39, 0.29) is 44.0 Å². The molecule has 5 heteroatoms. The lowest BCUT2D eigenvalue weighted by Gasteiger charge is -2.22. The highest BCUT2D eigenvalue weighted by Gasteiger charge is 2.34. The van der Waals surface area contributed by atoms with E-state index in [1.807, 2.05) is 13.8 Å². The fourth-order valence-corrected chi connectivity index (χ4v) is 1.86. The Kier molecular flexibility index (Phi) is 5.15. The van der Waals surface area contributed by atoms with Crippen LogP contribution in [0.1, 0.15) is 26.7 Å². The van der Waals surface area contributed by atoms with Gasteiger partial charge < -0.3 is 14.7 Å². The van der Waals surface area contributed by atoms with Crippen molar-refractivity contribution in [1.82, 2.24) is 4.90 Å². The monoisotopic (exact) mass is 233 g/mol. The number of halogens is 1. The molecule has 0 aromatic rings. The van der Waals surface area contributed by atoms with Gasteiger partial charge in [0.25, 0.3) is 0 Å². The van der Waals surface area contributed by atoms with Crippen LogP contribution in [0.15, 0.2) is 0 Å². The Balaban J connectivity index is 2.35. The number of rotatable bonds is 5. The molecule has 1 rings (SSSR count). The van der Waals surface area contributed by atoms with Gasteiger partial charge in [-0.2, -0.15) is 0 Å². The molecular formula is C11H20FNO3. The van der Waals surface area contributed by atoms with Crippen LogP contribution in [0.25, 0.3) is 0 Å². The number of carbonyl (C=O) groups is 1. The molecule has 0 saturated carbocycles. The molecule has 0 aromatic carbocycles. The molecule has 4 nitrogen and oxygen atoms in total. The lowest BCUT2D eigenvalue weighted by Crippen LogP contribution is -2.38. The summed E-state index contributed by atoms with van der Waals surface area (Å²) in [6, 6.07) is -0.360. The Morgan fingerprint density at radius 2 is 2.31 bits per heavy atom. The lowest BCUT2D eigenvalue weighted by molar-refractivity contribution is -0.134. The molecule has 2 atom stereocenters. The van der Waals surface area contributed by atoms with Gasteiger partial charge in [-0.15, -0.1) is 0 Å². The van der Waals surface area contributed by atoms with Crippen LogP contribution in [0.4, 0.5) is 4.39 Å². The average Bonchev–Trinajstić information content (AvgIpc) is 2.59. The SMILES string of the molecule is CC(C)OCCC(=O)N1C[C@@H](F)C[C@H]1CO. The molecule has 1 aliphatic rings. The van der Waals surface area contributed by atoms with E-state index in [1.54, 1.807) is 0 Å². The number of carbonyl (C=O) groups excluding carboxylic acids is 1. The molecule has 16 heavy (non-hydrogen) atoms. The van der Waals surface area contributed by atoms with Gasteiger partial charge in [0.2, 0.25) is 5.91 Å². The highest BCUT2D eigenvalue weighted by Crippen LogP contribution is 2.20. The number of ether oxygens (including phenoxy) is 1. The maximum atomic E-state index is 13.1. The van der Waals surface area contributed by atoms with Crippen molar-refractivity contribution in [1.29, 1.82) is 0 Å². The summed E-state index contributed by atoms with van der Waals surface area (Å²) < 4.78 is 18.3. The Bertz CT molecular complexity index is 235. The summed E-state index contributed by atoms with van der Waals surface area (Å²) in [7, 11) is 0. The second-order valence-corrected chi connectivity index (χ2v) is 4.39. The maximum Gasteiger partial charge on any atom is 0.225 e. The van der Waals surface area contributed by atoms with Crippen molar-refractivity contribution in [3.8, 4) is 0 Å². The minimum atomic E-state index is -1.01. The molecule has 1 amide bonds. The van der Waals surface area contributed by atoms with Gasteiger partial charge >= 0.3 is 0 Å². The van der Waals surface area contributed by atoms with E-state index in [0.29, 0.717) is 6.61 Å². The summed E-state index contributed by atoms with van der Waals surface area (Å²) in [5, 5.41) is 9.02. The van der Waals surface area contributed by atoms with E-state index in [0.717, 1.165) is 0 Å². The fraction of sp³-hybridized carbons (Fsp3) is 0.909. The summed E-state index contributed by atoms with van der Waals surface area (Å²) in [6.45, 7) is 4.08. The lowest BCUT2D eigenvalue weighted by atomic mass is 10.2. The summed E-state index contributed by atoms with van der Waals surface area (Å²) >= 11 is 0. The molecule has 1 fully saturated rings. The number of hydrogen-bond acceptors (Lipinski definition) is 3. The molecule has 0 bridgehead atoms. The maximum absolute atomic E-state index is 13.1. The molecule has 0 aliphatic carbocycles. The number of alkyl halides is 1. The molecular weight excluding hydrogens is 213 g/mol. The van der Waals surface area contributed by atoms with Crippen molar-refractivity contribution in [3.05, 3.63) is 0 Å². The quantitative estimate of drug-likeness (QED) is 0.761. The van der Waals surface area contributed by atoms with Crippen LogP contribution in [-0.2, 0) is 9.53 Å². The van der Waals surface area contributed by atoms with Crippen LogP contribution in [0, 0.1) is 0 Å². The van der Waals surface area contributed by atoms with Gasteiger partial charge in [0.1, 0.15) is 6.17 Å². The summed E-state index contributed by atoms with van der Waals surface area (Å²) in [4.78, 5) is 13.1. The Morgan fingerprint density at radius 1 is 1.62 bits per heavy atom. The molecule has 1 saturated heterocycles. The first-order valence-corrected chi connectivity index (χ1v) is 5.70. The first kappa shape index (κ1) is 13.4. The number of aliphatic hydroxyl groups excluding tert-OH is 1. The van der Waals surface area contributed by atoms with Gasteiger partial charge in [-0.05, 0) is 13.8 Å². The summed E-state index contributed by atoms with van der Waals surface area (Å²) in [5.41, 5.74) is 0. The normalized spacial score (nSPS) is 25.4. The molecule has 1 N–H and O–H groups in total. The largest absolute Gasteiger partial charge is 0.394 e. The highest BCUT2D eigenvalue weighted by molar-refractivity contribution is 5.77. The molecule has 94 valence electrons. The standard InChI is InChI=1S/C11H20FNO3/c1-8(2)16-4-3-11(15)13-6-9(12)5-10(13)7-14/h8-10,14H,3-7H2,1-2H3/t9-,10-/m0/s1. The van der Waals surface area contributed by atoms with Crippen molar-refractivity contribution >= 4 is 5.91 Å². The first-order valence-electron chi connectivity index (χ1n) is 5.70. The number of amides is 1. The Morgan fingerprint density at radius 3 is 2.88 bits per heavy atom. The average molecular weight is 233 g/mol. The van der Waals surface area contributed by atoms with Gasteiger partial charge in [-0.25, -0.2) is 4.39 Å². The zero-order chi connectivity index (χ0) is 12.1. The third-order valence-electron chi connectivity index (χ3n) is 2.66. The second-order valence-electron chi connectivity index (χ2n) is 4.39. The Labute approximate surface area is 95.4 Å². The van der Waals surface area contributed by atoms with Crippen LogP contribution in [-0.4, -0.2) is 54.0 Å². The van der Waals surface area contributed by atoms with Gasteiger partial charge in [0.15, 0.2) is 0 Å². The zero-order valence-electron chi connectivity index (χ0n) is 9.86. The van der Waals surface area contributed by atoms with Crippen LogP contribution in [0.3, 0.4) is 0 Å². The van der Waals surface area contributed by atoms with Gasteiger partial charge in [-0.3, -0.25) is 4.79 Å². The van der Waals surface area contributed by atoms with E-state index in [4.69, 9.17) is 9.84 Å². The third-order valence-corrected chi connectivity index (χ3v) is 2.66. The van der Waals surface area contributed by atoms with Gasteiger partial charge in [0.05, 0.1) is 38.3 Å². The molecule has 0 spiro atoms. The van der Waals surface area contributed by atoms with Crippen molar-refractivity contribution in [2.24, 2.45) is 0 Å². The fourth-order valence-electron chi connectivity index (χ4n) is 1.86. The first-order chi connectivity index (χ1) is 7.54. The summed E-state index contributed by atoms with van der Waals surface area (Å²) in [6.07, 6.45) is -0.421. The van der Waals surface area contributed by atoms with Crippen LogP contribution in [0.2, 0.25) is 0 Å². The number of nitrogens with zero attached hydrogens (tertiary/aromatic N) is 1. The third kappa shape index (κ3) is 3.72. The van der Waals surface area contributed by atoms with Crippen LogP contribution < -0.4 is 0 Å². The number of aliphatic hydroxyl groups is 1. The highest BCUT2D eigenvalue weighted by atomic mass is 19.1. The minimum Gasteiger partial charge on any atom is -0.394 e. The molecule has 1 heterocycles. The van der Waals surface area contributed by atoms with E-state index in [9.17, 15) is 9.18 Å². The minimum absolute atomic E-state index is 0.0916. The van der Waals surface area contributed by atoms with Gasteiger partial charge in [-0.1, -0.05) is 0 Å². The molecule has 1 aliphatic heterocycles. The van der Waals surface area contributed by atoms with Crippen molar-refractivity contribution < 1.29 is 19.0 Å². The molecule has 0 unspecified atom stereocenters. The predicted octanol–water partition coefficient (Wildman–Crippen LogP) is 0.733. The Hall–Kier alpha value is -0.680. The van der Waals surface area contributed by atoms with Crippen molar-refractivity contribution in [2.75, 3.05) is 19.8 Å². The van der Waals surface area contributed by atoms with Crippen LogP contribution in [0.5, 0.6) is 0 Å². The van der Waals surface area contributed by atoms with Crippen molar-refractivity contribution in [2.45, 2.75) is 45.0 Å². The predicted molar refractivity (Wildman–Crippen MR) is 57.8 cm³/mol. The number of hydrogen-bond donors (Lipinski definition) is 1. The smallest absolute Gasteiger partial charge is 0.225 e. The van der Waals surface area contributed by atoms with E-state index < -0.39 is 6.17 Å². The van der Waals surface area contributed by atoms with Gasteiger partial charge in [0, 0.05) is 6.42 Å². The van der Waals surface area contributed by atoms with Crippen molar-refractivity contribution in [3.63, 3.8) is 0 Å². The van der Waals surface area contributed by atoms with E-state index in [1.165, 1.54) is 4.90 Å². The van der Waals surface area contributed by atoms with E-state index >= 15 is 0 Å². The molecule has 0 radical (unpaired) electrons. The zero-order valence-corrected chi connectivity index (χ0v) is 9.86. The number of likely N-dealkylation sites (tertiary alicyclic amines) is 1. The summed E-state index contributed by atoms with van der Waals surface area (Å²) in [5.74, 6) is -0.139.